The summed E-state index contributed by atoms with van der Waals surface area (Å²) in [5.41, 5.74) is 0.688. The first-order valence-electron chi connectivity index (χ1n) is 5.92. The summed E-state index contributed by atoms with van der Waals surface area (Å²) in [6.45, 7) is 0.357. The van der Waals surface area contributed by atoms with E-state index in [-0.39, 0.29) is 18.3 Å². The standard InChI is InChI=1S/C14H15NO3S/c1-15(8-7-13(16)18-2)14(17)11-9-19-12-6-4-3-5-10(11)12/h3-6,9H,7-8H2,1-2H3. The van der Waals surface area contributed by atoms with E-state index in [4.69, 9.17) is 0 Å². The summed E-state index contributed by atoms with van der Waals surface area (Å²) in [5, 5.41) is 2.82. The number of amides is 1. The summed E-state index contributed by atoms with van der Waals surface area (Å²) in [6, 6.07) is 7.80. The maximum absolute atomic E-state index is 12.3. The molecule has 0 N–H and O–H groups in total. The van der Waals surface area contributed by atoms with Gasteiger partial charge in [0.15, 0.2) is 0 Å². The van der Waals surface area contributed by atoms with Gasteiger partial charge in [-0.1, -0.05) is 18.2 Å². The fourth-order valence-corrected chi connectivity index (χ4v) is 2.75. The minimum atomic E-state index is -0.310. The summed E-state index contributed by atoms with van der Waals surface area (Å²) in [7, 11) is 3.04. The average molecular weight is 277 g/mol. The molecule has 0 bridgehead atoms. The van der Waals surface area contributed by atoms with Crippen LogP contribution in [-0.4, -0.2) is 37.5 Å². The number of carbonyl (C=O) groups is 2. The van der Waals surface area contributed by atoms with Gasteiger partial charge in [0.2, 0.25) is 0 Å². The highest BCUT2D eigenvalue weighted by molar-refractivity contribution is 7.17. The van der Waals surface area contributed by atoms with E-state index in [1.165, 1.54) is 7.11 Å². The summed E-state index contributed by atoms with van der Waals surface area (Å²) in [6.07, 6.45) is 0.209. The van der Waals surface area contributed by atoms with Gasteiger partial charge in [-0.05, 0) is 6.07 Å². The largest absolute Gasteiger partial charge is 0.469 e. The van der Waals surface area contributed by atoms with Crippen LogP contribution in [0.1, 0.15) is 16.8 Å². The Morgan fingerprint density at radius 3 is 2.79 bits per heavy atom. The Bertz CT molecular complexity index is 606. The Hall–Kier alpha value is -1.88. The molecule has 0 radical (unpaired) electrons. The zero-order valence-electron chi connectivity index (χ0n) is 10.9. The van der Waals surface area contributed by atoms with Crippen LogP contribution in [0.5, 0.6) is 0 Å². The molecule has 1 aromatic carbocycles. The van der Waals surface area contributed by atoms with Crippen molar-refractivity contribution in [1.82, 2.24) is 4.90 Å². The van der Waals surface area contributed by atoms with Gasteiger partial charge in [-0.15, -0.1) is 11.3 Å². The minimum absolute atomic E-state index is 0.0682. The lowest BCUT2D eigenvalue weighted by molar-refractivity contribution is -0.140. The van der Waals surface area contributed by atoms with E-state index < -0.39 is 0 Å². The molecule has 0 atom stereocenters. The topological polar surface area (TPSA) is 46.6 Å². The third kappa shape index (κ3) is 2.93. The van der Waals surface area contributed by atoms with Crippen LogP contribution >= 0.6 is 11.3 Å². The number of carbonyl (C=O) groups excluding carboxylic acids is 2. The van der Waals surface area contributed by atoms with Gasteiger partial charge in [-0.2, -0.15) is 0 Å². The fraction of sp³-hybridized carbons (Fsp3) is 0.286. The van der Waals surface area contributed by atoms with Gasteiger partial charge in [0.25, 0.3) is 5.91 Å². The molecule has 0 unspecified atom stereocenters. The molecule has 0 aliphatic rings. The van der Waals surface area contributed by atoms with Crippen molar-refractivity contribution >= 4 is 33.3 Å². The first kappa shape index (κ1) is 13.5. The second-order valence-electron chi connectivity index (χ2n) is 4.20. The van der Waals surface area contributed by atoms with Crippen LogP contribution in [0, 0.1) is 0 Å². The molecule has 1 aromatic heterocycles. The van der Waals surface area contributed by atoms with Crippen LogP contribution in [-0.2, 0) is 9.53 Å². The molecule has 0 aliphatic carbocycles. The number of ether oxygens (including phenoxy) is 1. The number of methoxy groups -OCH3 is 1. The lowest BCUT2D eigenvalue weighted by Gasteiger charge is -2.15. The highest BCUT2D eigenvalue weighted by atomic mass is 32.1. The van der Waals surface area contributed by atoms with Crippen LogP contribution < -0.4 is 0 Å². The van der Waals surface area contributed by atoms with Crippen LogP contribution in [0.3, 0.4) is 0 Å². The van der Waals surface area contributed by atoms with Crippen molar-refractivity contribution in [2.24, 2.45) is 0 Å². The number of hydrogen-bond donors (Lipinski definition) is 0. The number of rotatable bonds is 4. The molecule has 0 saturated carbocycles. The molecule has 2 aromatic rings. The molecule has 2 rings (SSSR count). The molecule has 0 fully saturated rings. The summed E-state index contributed by atoms with van der Waals surface area (Å²) in [4.78, 5) is 24.9. The van der Waals surface area contributed by atoms with E-state index in [9.17, 15) is 9.59 Å². The Kier molecular flexibility index (Phi) is 4.16. The van der Waals surface area contributed by atoms with Gasteiger partial charge in [-0.3, -0.25) is 9.59 Å². The fourth-order valence-electron chi connectivity index (χ4n) is 1.81. The number of fused-ring (bicyclic) bond motifs is 1. The molecule has 0 spiro atoms. The van der Waals surface area contributed by atoms with Crippen molar-refractivity contribution in [3.63, 3.8) is 0 Å². The highest BCUT2D eigenvalue weighted by Gasteiger charge is 2.16. The molecule has 19 heavy (non-hydrogen) atoms. The van der Waals surface area contributed by atoms with Crippen molar-refractivity contribution in [1.29, 1.82) is 0 Å². The smallest absolute Gasteiger partial charge is 0.307 e. The van der Waals surface area contributed by atoms with Crippen LogP contribution in [0.25, 0.3) is 10.1 Å². The first-order valence-corrected chi connectivity index (χ1v) is 6.80. The Labute approximate surface area is 115 Å². The zero-order chi connectivity index (χ0) is 13.8. The monoisotopic (exact) mass is 277 g/mol. The maximum atomic E-state index is 12.3. The van der Waals surface area contributed by atoms with Crippen molar-refractivity contribution in [2.75, 3.05) is 20.7 Å². The van der Waals surface area contributed by atoms with E-state index in [0.717, 1.165) is 10.1 Å². The molecule has 4 nitrogen and oxygen atoms in total. The van der Waals surface area contributed by atoms with Gasteiger partial charge >= 0.3 is 5.97 Å². The molecule has 0 saturated heterocycles. The minimum Gasteiger partial charge on any atom is -0.469 e. The van der Waals surface area contributed by atoms with E-state index in [0.29, 0.717) is 12.1 Å². The first-order chi connectivity index (χ1) is 9.13. The van der Waals surface area contributed by atoms with Gasteiger partial charge in [-0.25, -0.2) is 0 Å². The second kappa shape index (κ2) is 5.84. The van der Waals surface area contributed by atoms with Crippen LogP contribution in [0.2, 0.25) is 0 Å². The predicted molar refractivity (Wildman–Crippen MR) is 75.4 cm³/mol. The average Bonchev–Trinajstić information content (AvgIpc) is 2.87. The highest BCUT2D eigenvalue weighted by Crippen LogP contribution is 2.26. The second-order valence-corrected chi connectivity index (χ2v) is 5.11. The lowest BCUT2D eigenvalue weighted by atomic mass is 10.1. The van der Waals surface area contributed by atoms with Crippen molar-refractivity contribution in [2.45, 2.75) is 6.42 Å². The zero-order valence-corrected chi connectivity index (χ0v) is 11.7. The van der Waals surface area contributed by atoms with Gasteiger partial charge in [0.05, 0.1) is 19.1 Å². The van der Waals surface area contributed by atoms with Crippen LogP contribution in [0.4, 0.5) is 0 Å². The Morgan fingerprint density at radius 2 is 2.05 bits per heavy atom. The van der Waals surface area contributed by atoms with Gasteiger partial charge in [0, 0.05) is 29.1 Å². The van der Waals surface area contributed by atoms with E-state index >= 15 is 0 Å². The number of thiophene rings is 1. The lowest BCUT2D eigenvalue weighted by Crippen LogP contribution is -2.29. The number of nitrogens with zero attached hydrogens (tertiary/aromatic N) is 1. The number of benzene rings is 1. The predicted octanol–water partition coefficient (Wildman–Crippen LogP) is 2.54. The maximum Gasteiger partial charge on any atom is 0.307 e. The van der Waals surface area contributed by atoms with Gasteiger partial charge in [0.1, 0.15) is 0 Å². The normalized spacial score (nSPS) is 10.4. The number of esters is 1. The van der Waals surface area contributed by atoms with Crippen molar-refractivity contribution in [3.8, 4) is 0 Å². The van der Waals surface area contributed by atoms with Crippen LogP contribution in [0.15, 0.2) is 29.6 Å². The van der Waals surface area contributed by atoms with Gasteiger partial charge < -0.3 is 9.64 Å². The Morgan fingerprint density at radius 1 is 1.32 bits per heavy atom. The molecule has 100 valence electrons. The van der Waals surface area contributed by atoms with Crippen molar-refractivity contribution < 1.29 is 14.3 Å². The SMILES string of the molecule is COC(=O)CCN(C)C(=O)c1csc2ccccc12. The molecular formula is C14H15NO3S. The molecule has 0 aliphatic heterocycles. The third-order valence-corrected chi connectivity index (χ3v) is 3.90. The summed E-state index contributed by atoms with van der Waals surface area (Å²) >= 11 is 1.55. The molecule has 1 amide bonds. The van der Waals surface area contributed by atoms with E-state index in [2.05, 4.69) is 4.74 Å². The third-order valence-electron chi connectivity index (χ3n) is 2.94. The van der Waals surface area contributed by atoms with Crippen molar-refractivity contribution in [3.05, 3.63) is 35.2 Å². The van der Waals surface area contributed by atoms with E-state index in [1.807, 2.05) is 29.6 Å². The Balaban J connectivity index is 2.13. The quantitative estimate of drug-likeness (QED) is 0.807. The molecular weight excluding hydrogens is 262 g/mol. The summed E-state index contributed by atoms with van der Waals surface area (Å²) < 4.78 is 5.66. The molecule has 5 heteroatoms. The number of hydrogen-bond acceptors (Lipinski definition) is 4. The van der Waals surface area contributed by atoms with E-state index in [1.54, 1.807) is 23.3 Å². The summed E-state index contributed by atoms with van der Waals surface area (Å²) in [5.74, 6) is -0.379. The molecule has 1 heterocycles.